The summed E-state index contributed by atoms with van der Waals surface area (Å²) in [6.07, 6.45) is 0. The summed E-state index contributed by atoms with van der Waals surface area (Å²) >= 11 is 4.81. The Bertz CT molecular complexity index is 126. The Labute approximate surface area is 86.7 Å². The topological polar surface area (TPSA) is 27.7 Å². The Hall–Kier alpha value is 0.187. The van der Waals surface area contributed by atoms with Crippen molar-refractivity contribution in [1.29, 1.82) is 0 Å². The average Bonchev–Trinajstić information content (AvgIpc) is 2.06. The van der Waals surface area contributed by atoms with Crippen molar-refractivity contribution in [2.24, 2.45) is 0 Å². The minimum atomic E-state index is -2.46. The maximum atomic E-state index is 5.55. The zero-order valence-corrected chi connectivity index (χ0v) is 10.4. The molecule has 78 valence electrons. The molecule has 5 heteroatoms. The summed E-state index contributed by atoms with van der Waals surface area (Å²) < 4.78 is 16.6. The summed E-state index contributed by atoms with van der Waals surface area (Å²) in [7, 11) is -2.46. The molecule has 0 rings (SSSR count). The van der Waals surface area contributed by atoms with Crippen molar-refractivity contribution in [1.82, 2.24) is 0 Å². The van der Waals surface area contributed by atoms with Gasteiger partial charge in [-0.1, -0.05) is 12.2 Å². The normalized spacial score (nSPS) is 11.6. The van der Waals surface area contributed by atoms with Gasteiger partial charge in [0, 0.05) is 25.9 Å². The molecule has 0 amide bonds. The predicted molar refractivity (Wildman–Crippen MR) is 59.1 cm³/mol. The summed E-state index contributed by atoms with van der Waals surface area (Å²) in [5.74, 6) is 0. The van der Waals surface area contributed by atoms with Crippen LogP contribution in [0.1, 0.15) is 20.8 Å². The van der Waals surface area contributed by atoms with Crippen LogP contribution in [0.15, 0.2) is 0 Å². The number of thiocarbonyl (C=S) groups is 1. The molecule has 0 atom stereocenters. The van der Waals surface area contributed by atoms with Gasteiger partial charge in [0.15, 0.2) is 0 Å². The van der Waals surface area contributed by atoms with Crippen LogP contribution in [0.5, 0.6) is 0 Å². The van der Waals surface area contributed by atoms with Crippen molar-refractivity contribution in [2.75, 3.05) is 19.8 Å². The molecular formula is C8H18O3SSi. The third kappa shape index (κ3) is 4.83. The summed E-state index contributed by atoms with van der Waals surface area (Å²) in [5, 5.41) is 1.63. The van der Waals surface area contributed by atoms with Crippen molar-refractivity contribution < 1.29 is 13.3 Å². The van der Waals surface area contributed by atoms with E-state index in [2.05, 4.69) is 0 Å². The predicted octanol–water partition coefficient (Wildman–Crippen LogP) is 2.03. The molecule has 0 spiro atoms. The van der Waals surface area contributed by atoms with E-state index in [1.165, 1.54) is 0 Å². The molecule has 0 aromatic carbocycles. The van der Waals surface area contributed by atoms with E-state index in [0.717, 1.165) is 0 Å². The molecule has 0 aliphatic rings. The monoisotopic (exact) mass is 222 g/mol. The van der Waals surface area contributed by atoms with Gasteiger partial charge in [-0.2, -0.15) is 0 Å². The lowest BCUT2D eigenvalue weighted by atomic mass is 10.9. The third-order valence-electron chi connectivity index (χ3n) is 1.43. The van der Waals surface area contributed by atoms with Crippen LogP contribution in [0.2, 0.25) is 6.04 Å². The molecule has 0 saturated heterocycles. The van der Waals surface area contributed by atoms with E-state index in [-0.39, 0.29) is 0 Å². The highest BCUT2D eigenvalue weighted by Gasteiger charge is 2.38. The average molecular weight is 222 g/mol. The highest BCUT2D eigenvalue weighted by atomic mass is 32.1. The van der Waals surface area contributed by atoms with Crippen LogP contribution in [-0.4, -0.2) is 34.0 Å². The van der Waals surface area contributed by atoms with E-state index in [1.807, 2.05) is 20.8 Å². The fourth-order valence-electron chi connectivity index (χ4n) is 1.06. The van der Waals surface area contributed by atoms with Gasteiger partial charge in [0.2, 0.25) is 0 Å². The summed E-state index contributed by atoms with van der Waals surface area (Å²) in [4.78, 5) is 0. The second-order valence-corrected chi connectivity index (χ2v) is 5.33. The minimum absolute atomic E-state index is 0.607. The van der Waals surface area contributed by atoms with Gasteiger partial charge in [0.05, 0.1) is 0 Å². The van der Waals surface area contributed by atoms with E-state index < -0.39 is 8.80 Å². The van der Waals surface area contributed by atoms with Gasteiger partial charge >= 0.3 is 8.80 Å². The van der Waals surface area contributed by atoms with E-state index in [1.54, 1.807) is 5.37 Å². The van der Waals surface area contributed by atoms with E-state index in [0.29, 0.717) is 25.9 Å². The van der Waals surface area contributed by atoms with Crippen molar-refractivity contribution in [3.05, 3.63) is 0 Å². The number of hydrogen-bond donors (Lipinski definition) is 0. The molecule has 0 aromatic rings. The molecule has 0 radical (unpaired) electrons. The Morgan fingerprint density at radius 2 is 1.38 bits per heavy atom. The van der Waals surface area contributed by atoms with Crippen molar-refractivity contribution in [3.8, 4) is 0 Å². The van der Waals surface area contributed by atoms with E-state index in [4.69, 9.17) is 25.5 Å². The fraction of sp³-hybridized carbons (Fsp3) is 0.875. The highest BCUT2D eigenvalue weighted by Crippen LogP contribution is 2.14. The van der Waals surface area contributed by atoms with Crippen LogP contribution in [0.25, 0.3) is 0 Å². The zero-order chi connectivity index (χ0) is 10.2. The first-order chi connectivity index (χ1) is 6.24. The first kappa shape index (κ1) is 13.2. The number of rotatable bonds is 8. The lowest BCUT2D eigenvalue weighted by molar-refractivity contribution is 0.0757. The fourth-order valence-corrected chi connectivity index (χ4v) is 3.80. The van der Waals surface area contributed by atoms with Gasteiger partial charge in [-0.15, -0.1) is 0 Å². The molecule has 0 fully saturated rings. The lowest BCUT2D eigenvalue weighted by Crippen LogP contribution is -2.46. The molecule has 13 heavy (non-hydrogen) atoms. The molecule has 0 aliphatic carbocycles. The van der Waals surface area contributed by atoms with Crippen LogP contribution in [0.4, 0.5) is 0 Å². The van der Waals surface area contributed by atoms with Gasteiger partial charge in [0.1, 0.15) is 0 Å². The summed E-state index contributed by atoms with van der Waals surface area (Å²) in [6.45, 7) is 7.62. The molecule has 0 aliphatic heterocycles. The summed E-state index contributed by atoms with van der Waals surface area (Å²) in [5.41, 5.74) is 0. The molecule has 0 N–H and O–H groups in total. The number of hydrogen-bond acceptors (Lipinski definition) is 4. The molecule has 0 bridgehead atoms. The summed E-state index contributed by atoms with van der Waals surface area (Å²) in [6, 6.07) is 0.609. The van der Waals surface area contributed by atoms with Gasteiger partial charge in [0.25, 0.3) is 0 Å². The van der Waals surface area contributed by atoms with Crippen LogP contribution in [0.3, 0.4) is 0 Å². The zero-order valence-electron chi connectivity index (χ0n) is 8.54. The van der Waals surface area contributed by atoms with Crippen molar-refractivity contribution in [2.45, 2.75) is 26.8 Å². The highest BCUT2D eigenvalue weighted by molar-refractivity contribution is 7.79. The van der Waals surface area contributed by atoms with E-state index in [9.17, 15) is 0 Å². The molecule has 0 aromatic heterocycles. The molecular weight excluding hydrogens is 204 g/mol. The quantitative estimate of drug-likeness (QED) is 0.464. The largest absolute Gasteiger partial charge is 0.505 e. The Balaban J connectivity index is 4.27. The van der Waals surface area contributed by atoms with Crippen LogP contribution >= 0.6 is 12.2 Å². The second-order valence-electron chi connectivity index (χ2n) is 2.35. The SMILES string of the molecule is CCO[Si](CC=S)(OCC)OCC. The third-order valence-corrected chi connectivity index (χ3v) is 4.78. The Morgan fingerprint density at radius 3 is 1.62 bits per heavy atom. The lowest BCUT2D eigenvalue weighted by Gasteiger charge is -2.26. The van der Waals surface area contributed by atoms with Crippen LogP contribution in [-0.2, 0) is 13.3 Å². The second kappa shape index (κ2) is 7.58. The maximum absolute atomic E-state index is 5.55. The van der Waals surface area contributed by atoms with Gasteiger partial charge in [-0.3, -0.25) is 0 Å². The maximum Gasteiger partial charge on any atom is 0.505 e. The first-order valence-electron chi connectivity index (χ1n) is 4.60. The first-order valence-corrected chi connectivity index (χ1v) is 7.00. The Morgan fingerprint density at radius 1 is 1.00 bits per heavy atom. The van der Waals surface area contributed by atoms with Gasteiger partial charge < -0.3 is 13.3 Å². The Kier molecular flexibility index (Phi) is 7.69. The van der Waals surface area contributed by atoms with Gasteiger partial charge in [-0.25, -0.2) is 0 Å². The van der Waals surface area contributed by atoms with Gasteiger partial charge in [-0.05, 0) is 26.1 Å². The van der Waals surface area contributed by atoms with E-state index >= 15 is 0 Å². The minimum Gasteiger partial charge on any atom is -0.374 e. The van der Waals surface area contributed by atoms with Crippen LogP contribution < -0.4 is 0 Å². The molecule has 0 unspecified atom stereocenters. The smallest absolute Gasteiger partial charge is 0.374 e. The molecule has 0 saturated carbocycles. The molecule has 3 nitrogen and oxygen atoms in total. The molecule has 0 heterocycles. The van der Waals surface area contributed by atoms with Crippen molar-refractivity contribution >= 4 is 26.4 Å². The van der Waals surface area contributed by atoms with Crippen molar-refractivity contribution in [3.63, 3.8) is 0 Å². The van der Waals surface area contributed by atoms with Crippen LogP contribution in [0, 0.1) is 0 Å². The standard InChI is InChI=1S/C8H18O3SSi/c1-4-9-13(8-7-12,10-5-2)11-6-3/h7H,4-6,8H2,1-3H3.